The predicted octanol–water partition coefficient (Wildman–Crippen LogP) is 5.24. The molecule has 0 spiro atoms. The second-order valence-electron chi connectivity index (χ2n) is 6.00. The molecule has 5 heteroatoms. The van der Waals surface area contributed by atoms with Crippen LogP contribution in [0.25, 0.3) is 21.3 Å². The highest BCUT2D eigenvalue weighted by atomic mass is 79.9. The summed E-state index contributed by atoms with van der Waals surface area (Å²) >= 11 is 4.93. The molecule has 0 aliphatic heterocycles. The minimum atomic E-state index is 0.00772. The summed E-state index contributed by atoms with van der Waals surface area (Å²) in [6, 6.07) is 16.3. The van der Waals surface area contributed by atoms with E-state index in [1.165, 1.54) is 16.9 Å². The first-order valence-electron chi connectivity index (χ1n) is 7.90. The van der Waals surface area contributed by atoms with Crippen molar-refractivity contribution in [2.45, 2.75) is 13.5 Å². The van der Waals surface area contributed by atoms with Gasteiger partial charge in [0.25, 0.3) is 5.56 Å². The van der Waals surface area contributed by atoms with Crippen molar-refractivity contribution in [3.05, 3.63) is 86.2 Å². The average molecular weight is 411 g/mol. The van der Waals surface area contributed by atoms with Gasteiger partial charge in [0.05, 0.1) is 18.4 Å². The molecule has 2 aromatic carbocycles. The summed E-state index contributed by atoms with van der Waals surface area (Å²) in [7, 11) is 0. The van der Waals surface area contributed by atoms with Gasteiger partial charge in [-0.1, -0.05) is 57.9 Å². The van der Waals surface area contributed by atoms with E-state index in [4.69, 9.17) is 0 Å². The molecule has 4 aromatic rings. The van der Waals surface area contributed by atoms with Crippen LogP contribution in [0, 0.1) is 6.92 Å². The minimum absolute atomic E-state index is 0.00772. The summed E-state index contributed by atoms with van der Waals surface area (Å²) < 4.78 is 3.37. The molecule has 0 saturated carbocycles. The van der Waals surface area contributed by atoms with Crippen LogP contribution in [0.5, 0.6) is 0 Å². The molecule has 0 bridgehead atoms. The van der Waals surface area contributed by atoms with E-state index in [0.717, 1.165) is 26.7 Å². The average Bonchev–Trinajstić information content (AvgIpc) is 3.03. The van der Waals surface area contributed by atoms with E-state index < -0.39 is 0 Å². The number of thiophene rings is 1. The van der Waals surface area contributed by atoms with Gasteiger partial charge in [0, 0.05) is 15.4 Å². The topological polar surface area (TPSA) is 34.9 Å². The van der Waals surface area contributed by atoms with Crippen LogP contribution in [0.3, 0.4) is 0 Å². The molecule has 0 amide bonds. The van der Waals surface area contributed by atoms with Crippen LogP contribution in [-0.4, -0.2) is 9.55 Å². The van der Waals surface area contributed by atoms with Crippen LogP contribution in [0.2, 0.25) is 0 Å². The van der Waals surface area contributed by atoms with Crippen molar-refractivity contribution in [1.82, 2.24) is 9.55 Å². The zero-order valence-electron chi connectivity index (χ0n) is 13.6. The highest BCUT2D eigenvalue weighted by molar-refractivity contribution is 9.10. The van der Waals surface area contributed by atoms with E-state index in [2.05, 4.69) is 52.1 Å². The minimum Gasteiger partial charge on any atom is -0.294 e. The molecular formula is C20H15BrN2OS. The second-order valence-corrected chi connectivity index (χ2v) is 7.80. The molecular weight excluding hydrogens is 396 g/mol. The lowest BCUT2D eigenvalue weighted by Crippen LogP contribution is -2.20. The lowest BCUT2D eigenvalue weighted by molar-refractivity contribution is 0.749. The fourth-order valence-electron chi connectivity index (χ4n) is 2.82. The Balaban J connectivity index is 1.77. The fraction of sp³-hybridized carbons (Fsp3) is 0.100. The van der Waals surface area contributed by atoms with Gasteiger partial charge in [-0.25, -0.2) is 4.98 Å². The Kier molecular flexibility index (Phi) is 4.27. The lowest BCUT2D eigenvalue weighted by Gasteiger charge is -2.06. The van der Waals surface area contributed by atoms with Crippen molar-refractivity contribution in [3.8, 4) is 11.1 Å². The molecule has 4 rings (SSSR count). The Bertz CT molecular complexity index is 1110. The maximum Gasteiger partial charge on any atom is 0.271 e. The van der Waals surface area contributed by atoms with Gasteiger partial charge in [-0.2, -0.15) is 0 Å². The highest BCUT2D eigenvalue weighted by Gasteiger charge is 2.12. The molecule has 0 aliphatic carbocycles. The standard InChI is InChI=1S/C20H15BrN2OS/c1-13-5-7-15(8-6-13)17-11-25-19-18(17)22-12-23(20(19)24)10-14-3-2-4-16(21)9-14/h2-9,11-12H,10H2,1H3. The maximum atomic E-state index is 12.8. The third-order valence-corrected chi connectivity index (χ3v) is 5.60. The van der Waals surface area contributed by atoms with Crippen molar-refractivity contribution in [2.75, 3.05) is 0 Å². The third-order valence-electron chi connectivity index (χ3n) is 4.15. The summed E-state index contributed by atoms with van der Waals surface area (Å²) in [5.41, 5.74) is 5.18. The summed E-state index contributed by atoms with van der Waals surface area (Å²) in [5.74, 6) is 0. The normalized spacial score (nSPS) is 11.1. The van der Waals surface area contributed by atoms with Gasteiger partial charge in [0.2, 0.25) is 0 Å². The first kappa shape index (κ1) is 16.2. The summed E-state index contributed by atoms with van der Waals surface area (Å²) in [4.78, 5) is 17.4. The van der Waals surface area contributed by atoms with Crippen molar-refractivity contribution in [2.24, 2.45) is 0 Å². The second kappa shape index (κ2) is 6.58. The number of rotatable bonds is 3. The summed E-state index contributed by atoms with van der Waals surface area (Å²) in [5, 5.41) is 2.02. The first-order chi connectivity index (χ1) is 12.1. The van der Waals surface area contributed by atoms with Crippen LogP contribution < -0.4 is 5.56 Å². The van der Waals surface area contributed by atoms with E-state index >= 15 is 0 Å². The first-order valence-corrected chi connectivity index (χ1v) is 9.57. The van der Waals surface area contributed by atoms with E-state index in [0.29, 0.717) is 11.2 Å². The van der Waals surface area contributed by atoms with Crippen molar-refractivity contribution in [1.29, 1.82) is 0 Å². The Morgan fingerprint density at radius 3 is 2.72 bits per heavy atom. The largest absolute Gasteiger partial charge is 0.294 e. The smallest absolute Gasteiger partial charge is 0.271 e. The third kappa shape index (κ3) is 3.17. The van der Waals surface area contributed by atoms with Crippen LogP contribution in [0.1, 0.15) is 11.1 Å². The predicted molar refractivity (Wildman–Crippen MR) is 107 cm³/mol. The summed E-state index contributed by atoms with van der Waals surface area (Å²) in [6.07, 6.45) is 1.65. The number of fused-ring (bicyclic) bond motifs is 1. The molecule has 124 valence electrons. The highest BCUT2D eigenvalue weighted by Crippen LogP contribution is 2.30. The number of nitrogens with zero attached hydrogens (tertiary/aromatic N) is 2. The van der Waals surface area contributed by atoms with Crippen molar-refractivity contribution in [3.63, 3.8) is 0 Å². The monoisotopic (exact) mass is 410 g/mol. The van der Waals surface area contributed by atoms with Gasteiger partial charge in [0.1, 0.15) is 4.70 Å². The van der Waals surface area contributed by atoms with Crippen molar-refractivity contribution >= 4 is 37.5 Å². The Hall–Kier alpha value is -2.24. The number of halogens is 1. The number of hydrogen-bond donors (Lipinski definition) is 0. The number of aryl methyl sites for hydroxylation is 1. The lowest BCUT2D eigenvalue weighted by atomic mass is 10.1. The maximum absolute atomic E-state index is 12.8. The molecule has 2 heterocycles. The Morgan fingerprint density at radius 2 is 1.96 bits per heavy atom. The molecule has 0 unspecified atom stereocenters. The molecule has 3 nitrogen and oxygen atoms in total. The quantitative estimate of drug-likeness (QED) is 0.462. The van der Waals surface area contributed by atoms with E-state index in [1.807, 2.05) is 29.6 Å². The molecule has 0 saturated heterocycles. The van der Waals surface area contributed by atoms with Crippen LogP contribution >= 0.6 is 27.3 Å². The van der Waals surface area contributed by atoms with E-state index in [1.54, 1.807) is 10.9 Å². The number of hydrogen-bond acceptors (Lipinski definition) is 3. The fourth-order valence-corrected chi connectivity index (χ4v) is 4.25. The van der Waals surface area contributed by atoms with Gasteiger partial charge < -0.3 is 0 Å². The summed E-state index contributed by atoms with van der Waals surface area (Å²) in [6.45, 7) is 2.58. The molecule has 2 aromatic heterocycles. The molecule has 0 N–H and O–H groups in total. The van der Waals surface area contributed by atoms with Gasteiger partial charge >= 0.3 is 0 Å². The molecule has 0 aliphatic rings. The molecule has 0 fully saturated rings. The SMILES string of the molecule is Cc1ccc(-c2csc3c(=O)n(Cc4cccc(Br)c4)cnc23)cc1. The van der Waals surface area contributed by atoms with Crippen LogP contribution in [-0.2, 0) is 6.54 Å². The number of aromatic nitrogens is 2. The zero-order valence-corrected chi connectivity index (χ0v) is 16.0. The van der Waals surface area contributed by atoms with Gasteiger partial charge in [-0.3, -0.25) is 9.36 Å². The van der Waals surface area contributed by atoms with Crippen molar-refractivity contribution < 1.29 is 0 Å². The van der Waals surface area contributed by atoms with Gasteiger partial charge in [-0.05, 0) is 30.2 Å². The molecule has 0 atom stereocenters. The Labute approximate surface area is 157 Å². The van der Waals surface area contributed by atoms with Gasteiger partial charge in [0.15, 0.2) is 0 Å². The van der Waals surface area contributed by atoms with Crippen LogP contribution in [0.15, 0.2) is 69.5 Å². The van der Waals surface area contributed by atoms with Crippen LogP contribution in [0.4, 0.5) is 0 Å². The van der Waals surface area contributed by atoms with E-state index in [-0.39, 0.29) is 5.56 Å². The zero-order chi connectivity index (χ0) is 17.4. The number of benzene rings is 2. The van der Waals surface area contributed by atoms with E-state index in [9.17, 15) is 4.79 Å². The Morgan fingerprint density at radius 1 is 1.16 bits per heavy atom. The van der Waals surface area contributed by atoms with Gasteiger partial charge in [-0.15, -0.1) is 11.3 Å². The molecule has 0 radical (unpaired) electrons. The molecule has 25 heavy (non-hydrogen) atoms.